The van der Waals surface area contributed by atoms with Crippen molar-refractivity contribution >= 4 is 53.5 Å². The minimum Gasteiger partial charge on any atom is -0.467 e. The van der Waals surface area contributed by atoms with Gasteiger partial charge in [-0.3, -0.25) is 38.6 Å². The molecule has 2 saturated heterocycles. The van der Waals surface area contributed by atoms with Gasteiger partial charge in [-0.15, -0.1) is 0 Å². The predicted molar refractivity (Wildman–Crippen MR) is 214 cm³/mol. The van der Waals surface area contributed by atoms with Gasteiger partial charge in [-0.1, -0.05) is 60.7 Å². The number of aliphatic imine (C=N–C) groups is 1. The number of benzene rings is 2. The summed E-state index contributed by atoms with van der Waals surface area (Å²) in [5.41, 5.74) is 1.69. The van der Waals surface area contributed by atoms with Gasteiger partial charge < -0.3 is 56.8 Å². The minimum absolute atomic E-state index is 0.394. The molecule has 2 aromatic carbocycles. The molecule has 2 aliphatic rings. The van der Waals surface area contributed by atoms with Crippen LogP contribution in [0.1, 0.15) is 59.6 Å². The smallest absolute Gasteiger partial charge is 0.333 e. The van der Waals surface area contributed by atoms with Crippen LogP contribution in [0.3, 0.4) is 0 Å². The Balaban J connectivity index is 1.82. The molecule has 2 aliphatic heterocycles. The van der Waals surface area contributed by atoms with E-state index in [2.05, 4.69) is 0 Å². The Morgan fingerprint density at radius 3 is 1.34 bits per heavy atom. The molecule has 2 fully saturated rings. The zero-order chi connectivity index (χ0) is 47.1. The maximum atomic E-state index is 13.3. The summed E-state index contributed by atoms with van der Waals surface area (Å²) in [7, 11) is 1.15. The van der Waals surface area contributed by atoms with Crippen molar-refractivity contribution in [3.8, 4) is 0 Å². The summed E-state index contributed by atoms with van der Waals surface area (Å²) in [6.45, 7) is 5.46. The van der Waals surface area contributed by atoms with Crippen LogP contribution in [0, 0.1) is 0 Å². The van der Waals surface area contributed by atoms with Crippen LogP contribution in [0.25, 0.3) is 0 Å². The molecule has 2 aromatic rings. The first-order chi connectivity index (χ1) is 30.4. The quantitative estimate of drug-likeness (QED) is 0.117. The van der Waals surface area contributed by atoms with E-state index in [0.717, 1.165) is 55.6 Å². The summed E-state index contributed by atoms with van der Waals surface area (Å²) in [5.74, 6) is -7.06. The van der Waals surface area contributed by atoms with Crippen molar-refractivity contribution in [2.24, 2.45) is 4.99 Å². The van der Waals surface area contributed by atoms with Crippen LogP contribution < -0.4 is 0 Å². The SMILES string of the molecule is COC(=O)[C@H](CO[C@@H]1O[C@H](COC(C)=O)[C@@H](O[C@@H]2O[C@H](COC(C)=O)[C@H](OC(C)=O)[C@H](OC(C)=O)[C@H]2OC(C)=O)[C@H](OC(C)=O)[C@H]1OC(C)=O)N=C(c1ccccc1)c1ccccc1. The van der Waals surface area contributed by atoms with Crippen molar-refractivity contribution in [3.63, 3.8) is 0 Å². The van der Waals surface area contributed by atoms with Crippen molar-refractivity contribution < 1.29 is 95.2 Å². The Morgan fingerprint density at radius 1 is 0.516 bits per heavy atom. The average Bonchev–Trinajstić information content (AvgIpc) is 3.22. The number of nitrogens with zero attached hydrogens (tertiary/aromatic N) is 1. The zero-order valence-electron chi connectivity index (χ0n) is 36.4. The Labute approximate surface area is 367 Å². The van der Waals surface area contributed by atoms with Crippen molar-refractivity contribution in [2.75, 3.05) is 26.9 Å². The lowest BCUT2D eigenvalue weighted by Gasteiger charge is -2.48. The van der Waals surface area contributed by atoms with Gasteiger partial charge in [0.15, 0.2) is 49.1 Å². The topological polar surface area (TPSA) is 260 Å². The standard InChI is InChI=1S/C43H51NO20/c1-22(45)54-20-32-35(57-24(3)47)37(58-25(4)48)40(61-28(7)51)43(63-32)64-36-33(21-55-23(2)46)62-42(39(60-27(6)50)38(36)59-26(5)49)56-19-31(41(52)53-8)44-34(29-15-11-9-12-16-29)30-17-13-10-14-18-30/h9-18,31-33,35-40,42-43H,19-21H2,1-8H3/t31-,32+,33+,35-,36+,37-,38-,39+,40+,42+,43-/m0/s1. The maximum absolute atomic E-state index is 13.3. The number of esters is 8. The fourth-order valence-electron chi connectivity index (χ4n) is 6.75. The van der Waals surface area contributed by atoms with Crippen LogP contribution >= 0.6 is 0 Å². The number of rotatable bonds is 18. The number of carbonyl (C=O) groups is 8. The van der Waals surface area contributed by atoms with Gasteiger partial charge in [0.2, 0.25) is 0 Å². The van der Waals surface area contributed by atoms with E-state index < -0.39 is 135 Å². The van der Waals surface area contributed by atoms with Gasteiger partial charge in [-0.25, -0.2) is 4.79 Å². The fraction of sp³-hybridized carbons (Fsp3) is 0.512. The van der Waals surface area contributed by atoms with Gasteiger partial charge in [-0.2, -0.15) is 0 Å². The van der Waals surface area contributed by atoms with E-state index >= 15 is 0 Å². The van der Waals surface area contributed by atoms with Gasteiger partial charge >= 0.3 is 47.8 Å². The summed E-state index contributed by atoms with van der Waals surface area (Å²) in [6.07, 6.45) is -16.8. The van der Waals surface area contributed by atoms with Crippen LogP contribution in [-0.4, -0.2) is 148 Å². The molecule has 0 saturated carbocycles. The fourth-order valence-corrected chi connectivity index (χ4v) is 6.75. The first-order valence-electron chi connectivity index (χ1n) is 19.9. The highest BCUT2D eigenvalue weighted by molar-refractivity contribution is 6.13. The van der Waals surface area contributed by atoms with Crippen LogP contribution in [-0.2, 0) is 95.2 Å². The predicted octanol–water partition coefficient (Wildman–Crippen LogP) is 1.70. The zero-order valence-corrected chi connectivity index (χ0v) is 36.4. The number of carbonyl (C=O) groups excluding carboxylic acids is 8. The third-order valence-corrected chi connectivity index (χ3v) is 9.16. The molecule has 11 atom stereocenters. The second-order valence-electron chi connectivity index (χ2n) is 14.2. The van der Waals surface area contributed by atoms with Crippen molar-refractivity contribution in [2.45, 2.75) is 116 Å². The van der Waals surface area contributed by atoms with Crippen LogP contribution in [0.5, 0.6) is 0 Å². The van der Waals surface area contributed by atoms with E-state index in [1.807, 2.05) is 12.1 Å². The summed E-state index contributed by atoms with van der Waals surface area (Å²) < 4.78 is 68.3. The minimum atomic E-state index is -1.88. The van der Waals surface area contributed by atoms with Crippen molar-refractivity contribution in [1.82, 2.24) is 0 Å². The molecule has 0 spiro atoms. The highest BCUT2D eigenvalue weighted by Crippen LogP contribution is 2.36. The number of hydrogen-bond acceptors (Lipinski definition) is 21. The van der Waals surface area contributed by atoms with E-state index in [0.29, 0.717) is 16.8 Å². The van der Waals surface area contributed by atoms with E-state index in [1.165, 1.54) is 0 Å². The van der Waals surface area contributed by atoms with Crippen LogP contribution in [0.15, 0.2) is 65.7 Å². The Kier molecular flexibility index (Phi) is 18.9. The van der Waals surface area contributed by atoms with Gasteiger partial charge in [0.05, 0.1) is 19.4 Å². The molecule has 0 unspecified atom stereocenters. The molecule has 0 aliphatic carbocycles. The van der Waals surface area contributed by atoms with Crippen molar-refractivity contribution in [1.29, 1.82) is 0 Å². The van der Waals surface area contributed by atoms with Gasteiger partial charge in [0.1, 0.15) is 31.5 Å². The van der Waals surface area contributed by atoms with Gasteiger partial charge in [0.25, 0.3) is 0 Å². The lowest BCUT2D eigenvalue weighted by Crippen LogP contribution is -2.67. The normalized spacial score (nSPS) is 25.5. The lowest BCUT2D eigenvalue weighted by molar-refractivity contribution is -0.361. The lowest BCUT2D eigenvalue weighted by atomic mass is 9.96. The molecule has 0 N–H and O–H groups in total. The molecule has 0 radical (unpaired) electrons. The first-order valence-corrected chi connectivity index (χ1v) is 19.9. The molecule has 0 amide bonds. The third-order valence-electron chi connectivity index (χ3n) is 9.16. The molecule has 64 heavy (non-hydrogen) atoms. The first kappa shape index (κ1) is 50.4. The second kappa shape index (κ2) is 24.0. The number of hydrogen-bond donors (Lipinski definition) is 0. The largest absolute Gasteiger partial charge is 0.467 e. The summed E-state index contributed by atoms with van der Waals surface area (Å²) in [4.78, 5) is 105. The Hall–Kier alpha value is -6.29. The highest BCUT2D eigenvalue weighted by Gasteiger charge is 2.57. The molecule has 21 nitrogen and oxygen atoms in total. The van der Waals surface area contributed by atoms with E-state index in [1.54, 1.807) is 48.5 Å². The average molecular weight is 902 g/mol. The summed E-state index contributed by atoms with van der Waals surface area (Å²) >= 11 is 0. The Morgan fingerprint density at radius 2 is 0.906 bits per heavy atom. The van der Waals surface area contributed by atoms with Crippen LogP contribution in [0.4, 0.5) is 0 Å². The molecule has 2 heterocycles. The monoisotopic (exact) mass is 901 g/mol. The third kappa shape index (κ3) is 14.6. The number of ether oxygens (including phenoxy) is 12. The number of methoxy groups -OCH3 is 1. The molecule has 4 rings (SSSR count). The second-order valence-corrected chi connectivity index (χ2v) is 14.2. The van der Waals surface area contributed by atoms with E-state index in [9.17, 15) is 38.4 Å². The molecule has 348 valence electrons. The van der Waals surface area contributed by atoms with E-state index in [4.69, 9.17) is 61.8 Å². The summed E-state index contributed by atoms with van der Waals surface area (Å²) in [5, 5.41) is 0. The van der Waals surface area contributed by atoms with Crippen molar-refractivity contribution in [3.05, 3.63) is 71.8 Å². The molecule has 21 heteroatoms. The Bertz CT molecular complexity index is 1950. The molecule has 0 aromatic heterocycles. The maximum Gasteiger partial charge on any atom is 0.333 e. The molecular formula is C43H51NO20. The van der Waals surface area contributed by atoms with Crippen LogP contribution in [0.2, 0.25) is 0 Å². The van der Waals surface area contributed by atoms with Gasteiger partial charge in [0, 0.05) is 59.6 Å². The van der Waals surface area contributed by atoms with E-state index in [-0.39, 0.29) is 0 Å². The molecule has 0 bridgehead atoms. The molecular weight excluding hydrogens is 850 g/mol. The summed E-state index contributed by atoms with van der Waals surface area (Å²) in [6, 6.07) is 16.5. The highest BCUT2D eigenvalue weighted by atomic mass is 16.8. The van der Waals surface area contributed by atoms with Gasteiger partial charge in [-0.05, 0) is 0 Å².